The third-order valence-electron chi connectivity index (χ3n) is 4.90. The van der Waals surface area contributed by atoms with Gasteiger partial charge in [0, 0.05) is 0 Å². The molecule has 8 heteroatoms. The lowest BCUT2D eigenvalue weighted by Crippen LogP contribution is -2.37. The van der Waals surface area contributed by atoms with Gasteiger partial charge in [0.25, 0.3) is 0 Å². The van der Waals surface area contributed by atoms with E-state index in [1.165, 1.54) is 23.8 Å². The van der Waals surface area contributed by atoms with Crippen molar-refractivity contribution in [2.24, 2.45) is 0 Å². The fraction of sp³-hybridized carbons (Fsp3) is 0.364. The van der Waals surface area contributed by atoms with E-state index in [4.69, 9.17) is 9.84 Å². The summed E-state index contributed by atoms with van der Waals surface area (Å²) in [5.41, 5.74) is 2.29. The molecule has 2 rings (SSSR count). The van der Waals surface area contributed by atoms with Crippen molar-refractivity contribution < 1.29 is 27.9 Å². The van der Waals surface area contributed by atoms with Crippen molar-refractivity contribution >= 4 is 22.3 Å². The number of carbonyl (C=O) groups excluding carboxylic acids is 1. The van der Waals surface area contributed by atoms with Crippen LogP contribution in [0, 0.1) is 6.92 Å². The molecule has 0 aliphatic rings. The maximum absolute atomic E-state index is 12.7. The molecule has 0 saturated carbocycles. The van der Waals surface area contributed by atoms with Crippen LogP contribution in [0.4, 0.5) is 0 Å². The van der Waals surface area contributed by atoms with Gasteiger partial charge in [0.05, 0.1) is 12.5 Å². The average molecular weight is 434 g/mol. The first-order valence-electron chi connectivity index (χ1n) is 9.78. The SMILES string of the molecule is CCC(CC)c1ccc(Oc2ccccc2S(=O)(=O)N[C@H](C=O)CC(=O)O)cc1C. The summed E-state index contributed by atoms with van der Waals surface area (Å²) in [5, 5.41) is 8.84. The number of ether oxygens (including phenoxy) is 1. The Bertz CT molecular complexity index is 998. The van der Waals surface area contributed by atoms with E-state index >= 15 is 0 Å². The molecule has 0 unspecified atom stereocenters. The van der Waals surface area contributed by atoms with Crippen molar-refractivity contribution in [3.63, 3.8) is 0 Å². The van der Waals surface area contributed by atoms with Gasteiger partial charge in [-0.15, -0.1) is 0 Å². The maximum Gasteiger partial charge on any atom is 0.305 e. The van der Waals surface area contributed by atoms with Crippen molar-refractivity contribution in [1.29, 1.82) is 0 Å². The number of benzene rings is 2. The van der Waals surface area contributed by atoms with Gasteiger partial charge in [-0.05, 0) is 61.1 Å². The normalized spacial score (nSPS) is 12.5. The van der Waals surface area contributed by atoms with Gasteiger partial charge in [0.2, 0.25) is 10.0 Å². The molecule has 7 nitrogen and oxygen atoms in total. The van der Waals surface area contributed by atoms with Gasteiger partial charge in [-0.1, -0.05) is 32.0 Å². The summed E-state index contributed by atoms with van der Waals surface area (Å²) in [7, 11) is -4.18. The first-order chi connectivity index (χ1) is 14.2. The smallest absolute Gasteiger partial charge is 0.305 e. The van der Waals surface area contributed by atoms with Gasteiger partial charge < -0.3 is 14.6 Å². The molecule has 162 valence electrons. The summed E-state index contributed by atoms with van der Waals surface area (Å²) in [6.07, 6.45) is 1.66. The molecule has 0 saturated heterocycles. The fourth-order valence-corrected chi connectivity index (χ4v) is 4.65. The van der Waals surface area contributed by atoms with E-state index in [2.05, 4.69) is 18.6 Å². The molecule has 0 aromatic heterocycles. The van der Waals surface area contributed by atoms with E-state index in [0.717, 1.165) is 18.4 Å². The molecule has 0 spiro atoms. The second-order valence-electron chi connectivity index (χ2n) is 7.04. The molecule has 2 aromatic rings. The highest BCUT2D eigenvalue weighted by atomic mass is 32.2. The van der Waals surface area contributed by atoms with Crippen LogP contribution in [0.2, 0.25) is 0 Å². The Morgan fingerprint density at radius 2 is 1.83 bits per heavy atom. The molecule has 0 heterocycles. The van der Waals surface area contributed by atoms with Gasteiger partial charge in [0.15, 0.2) is 0 Å². The van der Waals surface area contributed by atoms with E-state index in [1.807, 2.05) is 19.1 Å². The number of carboxylic acids is 1. The highest BCUT2D eigenvalue weighted by Gasteiger charge is 2.25. The Morgan fingerprint density at radius 3 is 2.40 bits per heavy atom. The fourth-order valence-electron chi connectivity index (χ4n) is 3.35. The molecule has 0 aliphatic carbocycles. The molecular weight excluding hydrogens is 406 g/mol. The number of sulfonamides is 1. The summed E-state index contributed by atoms with van der Waals surface area (Å²) in [6.45, 7) is 6.28. The van der Waals surface area contributed by atoms with E-state index in [-0.39, 0.29) is 16.9 Å². The molecule has 0 radical (unpaired) electrons. The molecule has 0 amide bonds. The molecule has 0 aliphatic heterocycles. The van der Waals surface area contributed by atoms with E-state index in [0.29, 0.717) is 11.7 Å². The van der Waals surface area contributed by atoms with Crippen LogP contribution in [0.5, 0.6) is 11.5 Å². The number of rotatable bonds is 11. The summed E-state index contributed by atoms with van der Waals surface area (Å²) < 4.78 is 33.4. The van der Waals surface area contributed by atoms with Gasteiger partial charge in [-0.3, -0.25) is 4.79 Å². The Morgan fingerprint density at radius 1 is 1.17 bits per heavy atom. The molecule has 1 atom stereocenters. The Labute approximate surface area is 177 Å². The van der Waals surface area contributed by atoms with Crippen LogP contribution in [0.1, 0.15) is 50.2 Å². The van der Waals surface area contributed by atoms with Crippen LogP contribution >= 0.6 is 0 Å². The molecule has 2 N–H and O–H groups in total. The minimum Gasteiger partial charge on any atom is -0.481 e. The number of nitrogens with one attached hydrogen (secondary N) is 1. The zero-order valence-corrected chi connectivity index (χ0v) is 18.1. The largest absolute Gasteiger partial charge is 0.481 e. The van der Waals surface area contributed by atoms with Crippen LogP contribution in [0.3, 0.4) is 0 Å². The Hall–Kier alpha value is -2.71. The van der Waals surface area contributed by atoms with E-state index < -0.39 is 28.5 Å². The molecule has 30 heavy (non-hydrogen) atoms. The van der Waals surface area contributed by atoms with Crippen LogP contribution in [0.15, 0.2) is 47.4 Å². The third-order valence-corrected chi connectivity index (χ3v) is 6.43. The van der Waals surface area contributed by atoms with Gasteiger partial charge in [-0.25, -0.2) is 13.1 Å². The van der Waals surface area contributed by atoms with Crippen molar-refractivity contribution in [1.82, 2.24) is 4.72 Å². The van der Waals surface area contributed by atoms with E-state index in [9.17, 15) is 18.0 Å². The summed E-state index contributed by atoms with van der Waals surface area (Å²) in [4.78, 5) is 21.7. The van der Waals surface area contributed by atoms with Crippen molar-refractivity contribution in [2.75, 3.05) is 0 Å². The number of aliphatic carboxylic acids is 1. The highest BCUT2D eigenvalue weighted by molar-refractivity contribution is 7.89. The highest BCUT2D eigenvalue weighted by Crippen LogP contribution is 2.32. The Balaban J connectivity index is 2.32. The summed E-state index contributed by atoms with van der Waals surface area (Å²) in [5.74, 6) is -0.264. The van der Waals surface area contributed by atoms with Crippen LogP contribution in [0.25, 0.3) is 0 Å². The number of hydrogen-bond acceptors (Lipinski definition) is 5. The first-order valence-corrected chi connectivity index (χ1v) is 11.3. The number of aryl methyl sites for hydroxylation is 1. The molecule has 0 bridgehead atoms. The average Bonchev–Trinajstić information content (AvgIpc) is 2.69. The quantitative estimate of drug-likeness (QED) is 0.518. The zero-order valence-electron chi connectivity index (χ0n) is 17.3. The van der Waals surface area contributed by atoms with E-state index in [1.54, 1.807) is 12.1 Å². The van der Waals surface area contributed by atoms with Crippen molar-refractivity contribution in [2.45, 2.75) is 56.9 Å². The van der Waals surface area contributed by atoms with Crippen molar-refractivity contribution in [3.05, 3.63) is 53.6 Å². The first kappa shape index (κ1) is 23.6. The minimum absolute atomic E-state index is 0.0830. The second-order valence-corrected chi connectivity index (χ2v) is 8.72. The topological polar surface area (TPSA) is 110 Å². The summed E-state index contributed by atoms with van der Waals surface area (Å²) in [6, 6.07) is 10.3. The molecule has 2 aromatic carbocycles. The van der Waals surface area contributed by atoms with Gasteiger partial charge in [-0.2, -0.15) is 0 Å². The number of carbonyl (C=O) groups is 2. The van der Waals surface area contributed by atoms with Crippen LogP contribution in [-0.4, -0.2) is 31.8 Å². The minimum atomic E-state index is -4.18. The number of aldehydes is 1. The van der Waals surface area contributed by atoms with Crippen LogP contribution in [-0.2, 0) is 19.6 Å². The second kappa shape index (κ2) is 10.4. The third kappa shape index (κ3) is 5.90. The lowest BCUT2D eigenvalue weighted by Gasteiger charge is -2.18. The summed E-state index contributed by atoms with van der Waals surface area (Å²) >= 11 is 0. The predicted molar refractivity (Wildman–Crippen MR) is 113 cm³/mol. The monoisotopic (exact) mass is 433 g/mol. The number of hydrogen-bond donors (Lipinski definition) is 2. The van der Waals surface area contributed by atoms with Crippen molar-refractivity contribution in [3.8, 4) is 11.5 Å². The van der Waals surface area contributed by atoms with Crippen LogP contribution < -0.4 is 9.46 Å². The predicted octanol–water partition coefficient (Wildman–Crippen LogP) is 4.01. The lowest BCUT2D eigenvalue weighted by atomic mass is 9.90. The number of para-hydroxylation sites is 1. The Kier molecular flexibility index (Phi) is 8.14. The van der Waals surface area contributed by atoms with Gasteiger partial charge in [0.1, 0.15) is 22.7 Å². The lowest BCUT2D eigenvalue weighted by molar-refractivity contribution is -0.138. The zero-order chi connectivity index (χ0) is 22.3. The van der Waals surface area contributed by atoms with Gasteiger partial charge >= 0.3 is 5.97 Å². The standard InChI is InChI=1S/C22H27NO6S/c1-4-16(5-2)19-11-10-18(12-15(19)3)29-20-8-6-7-9-21(20)30(27,28)23-17(14-24)13-22(25)26/h6-12,14,16-17,23H,4-5,13H2,1-3H3,(H,25,26)/t17-/m0/s1. The number of carboxylic acid groups (broad SMARTS) is 1. The maximum atomic E-state index is 12.7. The molecular formula is C22H27NO6S. The molecule has 0 fully saturated rings.